The standard InChI is InChI=1S/C16H16BrClFNO/c1-10(21-14-4-2-3-13(18)9-14)16(20)8-11-7-12(17)5-6-15(11)19/h2-7,9-10,16H,8,20H2,1H3. The maximum absolute atomic E-state index is 13.7. The van der Waals surface area contributed by atoms with Gasteiger partial charge in [0.25, 0.3) is 0 Å². The van der Waals surface area contributed by atoms with Crippen molar-refractivity contribution >= 4 is 27.5 Å². The number of hydrogen-bond donors (Lipinski definition) is 1. The summed E-state index contributed by atoms with van der Waals surface area (Å²) in [6.45, 7) is 1.86. The fourth-order valence-electron chi connectivity index (χ4n) is 1.96. The summed E-state index contributed by atoms with van der Waals surface area (Å²) in [5.41, 5.74) is 6.68. The van der Waals surface area contributed by atoms with Crippen LogP contribution in [0.3, 0.4) is 0 Å². The van der Waals surface area contributed by atoms with Gasteiger partial charge < -0.3 is 10.5 Å². The van der Waals surface area contributed by atoms with Crippen molar-refractivity contribution in [3.05, 3.63) is 63.3 Å². The van der Waals surface area contributed by atoms with Gasteiger partial charge in [-0.25, -0.2) is 4.39 Å². The molecule has 5 heteroatoms. The minimum Gasteiger partial charge on any atom is -0.489 e. The Morgan fingerprint density at radius 3 is 2.76 bits per heavy atom. The van der Waals surface area contributed by atoms with Crippen molar-refractivity contribution in [2.24, 2.45) is 5.73 Å². The highest BCUT2D eigenvalue weighted by molar-refractivity contribution is 9.10. The van der Waals surface area contributed by atoms with Gasteiger partial charge in [-0.1, -0.05) is 33.6 Å². The Labute approximate surface area is 137 Å². The number of ether oxygens (including phenoxy) is 1. The van der Waals surface area contributed by atoms with Gasteiger partial charge in [0.05, 0.1) is 0 Å². The number of halogens is 3. The lowest BCUT2D eigenvalue weighted by Crippen LogP contribution is -2.38. The molecule has 0 aliphatic heterocycles. The third-order valence-corrected chi connectivity index (χ3v) is 3.91. The molecule has 0 bridgehead atoms. The Balaban J connectivity index is 2.02. The third-order valence-electron chi connectivity index (χ3n) is 3.18. The summed E-state index contributed by atoms with van der Waals surface area (Å²) in [6.07, 6.45) is 0.134. The SMILES string of the molecule is CC(Oc1cccc(Cl)c1)C(N)Cc1cc(Br)ccc1F. The number of rotatable bonds is 5. The Morgan fingerprint density at radius 2 is 2.05 bits per heavy atom. The molecule has 0 aliphatic rings. The van der Waals surface area contributed by atoms with E-state index in [9.17, 15) is 4.39 Å². The van der Waals surface area contributed by atoms with Gasteiger partial charge >= 0.3 is 0 Å². The predicted molar refractivity (Wildman–Crippen MR) is 87.3 cm³/mol. The molecular formula is C16H16BrClFNO. The van der Waals surface area contributed by atoms with Crippen LogP contribution in [0.5, 0.6) is 5.75 Å². The molecule has 2 atom stereocenters. The highest BCUT2D eigenvalue weighted by Gasteiger charge is 2.17. The predicted octanol–water partition coefficient (Wildman–Crippen LogP) is 4.58. The van der Waals surface area contributed by atoms with E-state index in [1.807, 2.05) is 19.1 Å². The van der Waals surface area contributed by atoms with Crippen LogP contribution in [0.4, 0.5) is 4.39 Å². The zero-order valence-corrected chi connectivity index (χ0v) is 13.9. The largest absolute Gasteiger partial charge is 0.489 e. The molecule has 0 fully saturated rings. The van der Waals surface area contributed by atoms with Gasteiger partial charge in [0.15, 0.2) is 0 Å². The first-order chi connectivity index (χ1) is 9.95. The van der Waals surface area contributed by atoms with Crippen LogP contribution in [-0.4, -0.2) is 12.1 Å². The molecule has 21 heavy (non-hydrogen) atoms. The monoisotopic (exact) mass is 371 g/mol. The highest BCUT2D eigenvalue weighted by Crippen LogP contribution is 2.21. The molecule has 0 radical (unpaired) electrons. The molecule has 2 unspecified atom stereocenters. The van der Waals surface area contributed by atoms with E-state index in [0.29, 0.717) is 22.8 Å². The Kier molecular flexibility index (Phi) is 5.62. The topological polar surface area (TPSA) is 35.2 Å². The number of hydrogen-bond acceptors (Lipinski definition) is 2. The fourth-order valence-corrected chi connectivity index (χ4v) is 2.55. The molecule has 2 rings (SSSR count). The zero-order chi connectivity index (χ0) is 15.4. The lowest BCUT2D eigenvalue weighted by Gasteiger charge is -2.22. The second-order valence-electron chi connectivity index (χ2n) is 4.88. The Morgan fingerprint density at radius 1 is 1.29 bits per heavy atom. The van der Waals surface area contributed by atoms with Crippen LogP contribution in [0.25, 0.3) is 0 Å². The van der Waals surface area contributed by atoms with Crippen molar-refractivity contribution in [2.75, 3.05) is 0 Å². The first-order valence-corrected chi connectivity index (χ1v) is 7.74. The van der Waals surface area contributed by atoms with Gasteiger partial charge in [0, 0.05) is 15.5 Å². The van der Waals surface area contributed by atoms with Crippen LogP contribution >= 0.6 is 27.5 Å². The van der Waals surface area contributed by atoms with Crippen LogP contribution in [0.2, 0.25) is 5.02 Å². The molecule has 0 spiro atoms. The van der Waals surface area contributed by atoms with Crippen molar-refractivity contribution < 1.29 is 9.13 Å². The minimum atomic E-state index is -0.326. The average molecular weight is 373 g/mol. The molecular weight excluding hydrogens is 357 g/mol. The smallest absolute Gasteiger partial charge is 0.126 e. The van der Waals surface area contributed by atoms with E-state index >= 15 is 0 Å². The lowest BCUT2D eigenvalue weighted by molar-refractivity contribution is 0.188. The zero-order valence-electron chi connectivity index (χ0n) is 11.5. The van der Waals surface area contributed by atoms with Crippen LogP contribution in [0, 0.1) is 5.82 Å². The van der Waals surface area contributed by atoms with E-state index in [4.69, 9.17) is 22.1 Å². The lowest BCUT2D eigenvalue weighted by atomic mass is 10.0. The molecule has 0 heterocycles. The van der Waals surface area contributed by atoms with Gasteiger partial charge in [0.2, 0.25) is 0 Å². The van der Waals surface area contributed by atoms with Crippen LogP contribution < -0.4 is 10.5 Å². The summed E-state index contributed by atoms with van der Waals surface area (Å²) in [7, 11) is 0. The summed E-state index contributed by atoms with van der Waals surface area (Å²) < 4.78 is 20.3. The van der Waals surface area contributed by atoms with E-state index < -0.39 is 0 Å². The van der Waals surface area contributed by atoms with Gasteiger partial charge in [-0.3, -0.25) is 0 Å². The minimum absolute atomic E-state index is 0.261. The summed E-state index contributed by atoms with van der Waals surface area (Å²) in [5, 5.41) is 0.603. The molecule has 2 N–H and O–H groups in total. The van der Waals surface area contributed by atoms with Crippen molar-refractivity contribution in [3.8, 4) is 5.75 Å². The van der Waals surface area contributed by atoms with Crippen molar-refractivity contribution in [2.45, 2.75) is 25.5 Å². The highest BCUT2D eigenvalue weighted by atomic mass is 79.9. The third kappa shape index (κ3) is 4.70. The van der Waals surface area contributed by atoms with Gasteiger partial charge in [-0.2, -0.15) is 0 Å². The Hall–Kier alpha value is -1.10. The second kappa shape index (κ2) is 7.25. The first-order valence-electron chi connectivity index (χ1n) is 6.57. The first kappa shape index (κ1) is 16.3. The fraction of sp³-hybridized carbons (Fsp3) is 0.250. The molecule has 2 aromatic carbocycles. The molecule has 0 aliphatic carbocycles. The van der Waals surface area contributed by atoms with Gasteiger partial charge in [-0.15, -0.1) is 0 Å². The normalized spacial score (nSPS) is 13.8. The molecule has 2 nitrogen and oxygen atoms in total. The summed E-state index contributed by atoms with van der Waals surface area (Å²) in [4.78, 5) is 0. The maximum atomic E-state index is 13.7. The average Bonchev–Trinajstić information content (AvgIpc) is 2.43. The summed E-state index contributed by atoms with van der Waals surface area (Å²) in [5.74, 6) is 0.392. The molecule has 0 aromatic heterocycles. The van der Waals surface area contributed by atoms with E-state index in [1.165, 1.54) is 6.07 Å². The Bertz CT molecular complexity index is 623. The van der Waals surface area contributed by atoms with Crippen molar-refractivity contribution in [3.63, 3.8) is 0 Å². The molecule has 0 saturated carbocycles. The van der Waals surface area contributed by atoms with Crippen LogP contribution in [0.15, 0.2) is 46.9 Å². The summed E-state index contributed by atoms with van der Waals surface area (Å²) in [6, 6.07) is 11.6. The van der Waals surface area contributed by atoms with E-state index in [0.717, 1.165) is 4.47 Å². The number of benzene rings is 2. The van der Waals surface area contributed by atoms with Gasteiger partial charge in [0.1, 0.15) is 17.7 Å². The molecule has 112 valence electrons. The molecule has 0 amide bonds. The molecule has 2 aromatic rings. The molecule has 0 saturated heterocycles. The van der Waals surface area contributed by atoms with E-state index in [2.05, 4.69) is 15.9 Å². The van der Waals surface area contributed by atoms with Crippen molar-refractivity contribution in [1.29, 1.82) is 0 Å². The van der Waals surface area contributed by atoms with Crippen LogP contribution in [-0.2, 0) is 6.42 Å². The maximum Gasteiger partial charge on any atom is 0.126 e. The van der Waals surface area contributed by atoms with Crippen molar-refractivity contribution in [1.82, 2.24) is 0 Å². The van der Waals surface area contributed by atoms with Crippen LogP contribution in [0.1, 0.15) is 12.5 Å². The number of nitrogens with two attached hydrogens (primary N) is 1. The van der Waals surface area contributed by atoms with Gasteiger partial charge in [-0.05, 0) is 55.3 Å². The quantitative estimate of drug-likeness (QED) is 0.834. The second-order valence-corrected chi connectivity index (χ2v) is 6.24. The van der Waals surface area contributed by atoms with E-state index in [1.54, 1.807) is 24.3 Å². The van der Waals surface area contributed by atoms with E-state index in [-0.39, 0.29) is 18.0 Å². The summed E-state index contributed by atoms with van der Waals surface area (Å²) >= 11 is 9.24.